The van der Waals surface area contributed by atoms with Gasteiger partial charge in [-0.3, -0.25) is 9.78 Å². The van der Waals surface area contributed by atoms with E-state index in [0.717, 1.165) is 43.7 Å². The average molecular weight is 387 g/mol. The van der Waals surface area contributed by atoms with Gasteiger partial charge in [-0.15, -0.1) is 0 Å². The van der Waals surface area contributed by atoms with Gasteiger partial charge in [-0.05, 0) is 30.5 Å². The number of rotatable bonds is 4. The lowest BCUT2D eigenvalue weighted by Crippen LogP contribution is -2.56. The molecule has 1 saturated carbocycles. The molecule has 7 heteroatoms. The van der Waals surface area contributed by atoms with Crippen LogP contribution < -0.4 is 9.64 Å². The van der Waals surface area contributed by atoms with Crippen molar-refractivity contribution < 1.29 is 9.53 Å². The topological polar surface area (TPSA) is 58.6 Å². The van der Waals surface area contributed by atoms with Gasteiger partial charge in [0.25, 0.3) is 0 Å². The maximum absolute atomic E-state index is 13.4. The number of carbonyl (C=O) groups is 1. The second-order valence-corrected chi connectivity index (χ2v) is 7.58. The van der Waals surface area contributed by atoms with Crippen LogP contribution in [-0.2, 0) is 10.2 Å². The van der Waals surface area contributed by atoms with Gasteiger partial charge in [-0.25, -0.2) is 0 Å². The third-order valence-electron chi connectivity index (χ3n) is 5.69. The summed E-state index contributed by atoms with van der Waals surface area (Å²) >= 11 is 6.18. The second-order valence-electron chi connectivity index (χ2n) is 7.14. The summed E-state index contributed by atoms with van der Waals surface area (Å²) in [4.78, 5) is 26.1. The van der Waals surface area contributed by atoms with E-state index in [0.29, 0.717) is 24.0 Å². The Hall–Kier alpha value is -2.34. The lowest BCUT2D eigenvalue weighted by molar-refractivity contribution is -0.141. The highest BCUT2D eigenvalue weighted by Gasteiger charge is 2.48. The first kappa shape index (κ1) is 18.0. The van der Waals surface area contributed by atoms with E-state index in [1.54, 1.807) is 19.5 Å². The van der Waals surface area contributed by atoms with E-state index in [9.17, 15) is 4.79 Å². The maximum Gasteiger partial charge on any atom is 0.233 e. The zero-order valence-electron chi connectivity index (χ0n) is 15.4. The van der Waals surface area contributed by atoms with Crippen LogP contribution in [0.4, 0.5) is 5.82 Å². The number of piperazine rings is 1. The molecule has 0 radical (unpaired) electrons. The monoisotopic (exact) mass is 386 g/mol. The largest absolute Gasteiger partial charge is 0.480 e. The fraction of sp³-hybridized carbons (Fsp3) is 0.450. The Morgan fingerprint density at radius 3 is 2.59 bits per heavy atom. The summed E-state index contributed by atoms with van der Waals surface area (Å²) in [6.07, 6.45) is 6.20. The highest BCUT2D eigenvalue weighted by atomic mass is 35.5. The molecule has 1 aliphatic carbocycles. The van der Waals surface area contributed by atoms with Gasteiger partial charge in [-0.1, -0.05) is 30.2 Å². The molecule has 6 nitrogen and oxygen atoms in total. The summed E-state index contributed by atoms with van der Waals surface area (Å²) in [6.45, 7) is 2.83. The van der Waals surface area contributed by atoms with E-state index in [2.05, 4.69) is 14.9 Å². The molecule has 2 heterocycles. The molecule has 2 aliphatic rings. The van der Waals surface area contributed by atoms with Crippen LogP contribution in [0.5, 0.6) is 5.88 Å². The van der Waals surface area contributed by atoms with E-state index < -0.39 is 5.41 Å². The minimum atomic E-state index is -0.400. The van der Waals surface area contributed by atoms with Gasteiger partial charge in [0.15, 0.2) is 5.82 Å². The third kappa shape index (κ3) is 3.34. The Morgan fingerprint density at radius 1 is 1.19 bits per heavy atom. The standard InChI is InChI=1S/C20H23ClN4O2/c1-27-18-14-22-13-17(23-18)24-8-10-25(11-9-24)19(26)20(6-3-7-20)15-4-2-5-16(21)12-15/h2,4-5,12-14H,3,6-11H2,1H3. The molecular formula is C20H23ClN4O2. The van der Waals surface area contributed by atoms with E-state index in [-0.39, 0.29) is 5.91 Å². The number of halogens is 1. The first-order chi connectivity index (χ1) is 13.1. The van der Waals surface area contributed by atoms with Crippen LogP contribution in [0.25, 0.3) is 0 Å². The summed E-state index contributed by atoms with van der Waals surface area (Å²) in [5, 5.41) is 0.688. The zero-order chi connectivity index (χ0) is 18.9. The lowest BCUT2D eigenvalue weighted by Gasteiger charge is -2.46. The molecule has 142 valence electrons. The number of aromatic nitrogens is 2. The number of methoxy groups -OCH3 is 1. The first-order valence-electron chi connectivity index (χ1n) is 9.29. The number of ether oxygens (including phenoxy) is 1. The minimum Gasteiger partial charge on any atom is -0.480 e. The zero-order valence-corrected chi connectivity index (χ0v) is 16.2. The van der Waals surface area contributed by atoms with Crippen molar-refractivity contribution >= 4 is 23.3 Å². The highest BCUT2D eigenvalue weighted by molar-refractivity contribution is 6.30. The van der Waals surface area contributed by atoms with Crippen LogP contribution in [0.3, 0.4) is 0 Å². The van der Waals surface area contributed by atoms with Crippen molar-refractivity contribution in [1.82, 2.24) is 14.9 Å². The van der Waals surface area contributed by atoms with Crippen molar-refractivity contribution in [3.05, 3.63) is 47.2 Å². The molecule has 0 unspecified atom stereocenters. The van der Waals surface area contributed by atoms with Gasteiger partial charge < -0.3 is 14.5 Å². The number of hydrogen-bond donors (Lipinski definition) is 0. The van der Waals surface area contributed by atoms with E-state index >= 15 is 0 Å². The summed E-state index contributed by atoms with van der Waals surface area (Å²) in [5.74, 6) is 1.52. The smallest absolute Gasteiger partial charge is 0.233 e. The summed E-state index contributed by atoms with van der Waals surface area (Å²) in [7, 11) is 1.58. The van der Waals surface area contributed by atoms with Crippen molar-refractivity contribution in [2.24, 2.45) is 0 Å². The van der Waals surface area contributed by atoms with Gasteiger partial charge >= 0.3 is 0 Å². The number of nitrogens with zero attached hydrogens (tertiary/aromatic N) is 4. The van der Waals surface area contributed by atoms with Gasteiger partial charge in [0, 0.05) is 31.2 Å². The van der Waals surface area contributed by atoms with Crippen LogP contribution in [0, 0.1) is 0 Å². The van der Waals surface area contributed by atoms with Gasteiger partial charge in [0.1, 0.15) is 0 Å². The lowest BCUT2D eigenvalue weighted by atomic mass is 9.63. The van der Waals surface area contributed by atoms with Crippen molar-refractivity contribution in [3.63, 3.8) is 0 Å². The van der Waals surface area contributed by atoms with Crippen molar-refractivity contribution in [1.29, 1.82) is 0 Å². The van der Waals surface area contributed by atoms with Crippen LogP contribution in [0.1, 0.15) is 24.8 Å². The number of benzene rings is 1. The van der Waals surface area contributed by atoms with Crippen LogP contribution in [0.15, 0.2) is 36.7 Å². The molecule has 1 aromatic heterocycles. The number of anilines is 1. The Morgan fingerprint density at radius 2 is 1.96 bits per heavy atom. The van der Waals surface area contributed by atoms with E-state index in [4.69, 9.17) is 16.3 Å². The Balaban J connectivity index is 1.46. The third-order valence-corrected chi connectivity index (χ3v) is 5.93. The van der Waals surface area contributed by atoms with Crippen LogP contribution in [0.2, 0.25) is 5.02 Å². The Labute approximate surface area is 164 Å². The van der Waals surface area contributed by atoms with Crippen molar-refractivity contribution in [2.45, 2.75) is 24.7 Å². The van der Waals surface area contributed by atoms with E-state index in [1.807, 2.05) is 29.2 Å². The predicted octanol–water partition coefficient (Wildman–Crippen LogP) is 2.91. The molecule has 27 heavy (non-hydrogen) atoms. The molecule has 2 fully saturated rings. The minimum absolute atomic E-state index is 0.229. The molecule has 4 rings (SSSR count). The van der Waals surface area contributed by atoms with Gasteiger partial charge in [-0.2, -0.15) is 4.98 Å². The molecule has 0 spiro atoms. The number of carbonyl (C=O) groups excluding carboxylic acids is 1. The SMILES string of the molecule is COc1cncc(N2CCN(C(=O)C3(c4cccc(Cl)c4)CCC3)CC2)n1. The van der Waals surface area contributed by atoms with Gasteiger partial charge in [0.2, 0.25) is 11.8 Å². The normalized spacial score (nSPS) is 18.7. The molecule has 0 N–H and O–H groups in total. The molecular weight excluding hydrogens is 364 g/mol. The molecule has 2 aromatic rings. The van der Waals surface area contributed by atoms with Crippen LogP contribution >= 0.6 is 11.6 Å². The second kappa shape index (κ2) is 7.35. The van der Waals surface area contributed by atoms with Crippen molar-refractivity contribution in [3.8, 4) is 5.88 Å². The molecule has 0 bridgehead atoms. The molecule has 1 amide bonds. The molecule has 1 aliphatic heterocycles. The molecule has 1 saturated heterocycles. The Kier molecular flexibility index (Phi) is 4.91. The maximum atomic E-state index is 13.4. The summed E-state index contributed by atoms with van der Waals surface area (Å²) in [5.41, 5.74) is 0.649. The van der Waals surface area contributed by atoms with Crippen LogP contribution in [-0.4, -0.2) is 54.1 Å². The average Bonchev–Trinajstić information content (AvgIpc) is 2.67. The Bertz CT molecular complexity index is 832. The number of amides is 1. The quantitative estimate of drug-likeness (QED) is 0.808. The summed E-state index contributed by atoms with van der Waals surface area (Å²) < 4.78 is 5.15. The fourth-order valence-electron chi connectivity index (χ4n) is 3.97. The predicted molar refractivity (Wildman–Crippen MR) is 104 cm³/mol. The fourth-order valence-corrected chi connectivity index (χ4v) is 4.16. The molecule has 1 aromatic carbocycles. The summed E-state index contributed by atoms with van der Waals surface area (Å²) in [6, 6.07) is 7.77. The number of hydrogen-bond acceptors (Lipinski definition) is 5. The highest BCUT2D eigenvalue weighted by Crippen LogP contribution is 2.45. The molecule has 0 atom stereocenters. The van der Waals surface area contributed by atoms with Crippen molar-refractivity contribution in [2.75, 3.05) is 38.2 Å². The van der Waals surface area contributed by atoms with Gasteiger partial charge in [0.05, 0.1) is 24.9 Å². The van der Waals surface area contributed by atoms with E-state index in [1.165, 1.54) is 0 Å². The first-order valence-corrected chi connectivity index (χ1v) is 9.67.